The van der Waals surface area contributed by atoms with E-state index < -0.39 is 7.12 Å². The molecule has 0 amide bonds. The van der Waals surface area contributed by atoms with Gasteiger partial charge in [-0.15, -0.1) is 0 Å². The van der Waals surface area contributed by atoms with Crippen LogP contribution in [0, 0.1) is 0 Å². The molecule has 0 unspecified atom stereocenters. The van der Waals surface area contributed by atoms with E-state index in [2.05, 4.69) is 9.97 Å². The van der Waals surface area contributed by atoms with Crippen LogP contribution in [0.4, 0.5) is 0 Å². The first kappa shape index (κ1) is 13.3. The van der Waals surface area contributed by atoms with Crippen LogP contribution in [-0.2, 0) is 9.31 Å². The Balaban J connectivity index is 2.03. The second kappa shape index (κ2) is 4.17. The third-order valence-corrected chi connectivity index (χ3v) is 4.19. The van der Waals surface area contributed by atoms with E-state index in [-0.39, 0.29) is 16.8 Å². The summed E-state index contributed by atoms with van der Waals surface area (Å²) in [7, 11) is -0.439. The van der Waals surface area contributed by atoms with Crippen molar-refractivity contribution >= 4 is 23.5 Å². The van der Waals surface area contributed by atoms with Crippen molar-refractivity contribution in [3.05, 3.63) is 34.9 Å². The lowest BCUT2D eigenvalue weighted by atomic mass is 9.79. The number of nitrogens with one attached hydrogen (secondary N) is 1. The van der Waals surface area contributed by atoms with Crippen LogP contribution in [0.1, 0.15) is 27.7 Å². The molecular formula is C14H17BN2O3. The van der Waals surface area contributed by atoms with Crippen molar-refractivity contribution in [1.82, 2.24) is 9.97 Å². The summed E-state index contributed by atoms with van der Waals surface area (Å²) in [4.78, 5) is 18.4. The highest BCUT2D eigenvalue weighted by molar-refractivity contribution is 6.62. The average Bonchev–Trinajstić information content (AvgIpc) is 2.58. The molecule has 0 atom stereocenters. The van der Waals surface area contributed by atoms with E-state index in [0.29, 0.717) is 10.9 Å². The predicted molar refractivity (Wildman–Crippen MR) is 78.1 cm³/mol. The minimum atomic E-state index is -0.439. The third kappa shape index (κ3) is 1.96. The van der Waals surface area contributed by atoms with E-state index in [1.54, 1.807) is 6.07 Å². The maximum atomic E-state index is 11.7. The van der Waals surface area contributed by atoms with E-state index in [9.17, 15) is 4.79 Å². The molecule has 1 aliphatic heterocycles. The van der Waals surface area contributed by atoms with Gasteiger partial charge in [-0.25, -0.2) is 4.98 Å². The predicted octanol–water partition coefficient (Wildman–Crippen LogP) is 1.22. The minimum absolute atomic E-state index is 0.143. The highest BCUT2D eigenvalue weighted by atomic mass is 16.7. The second-order valence-electron chi connectivity index (χ2n) is 6.10. The molecule has 3 rings (SSSR count). The van der Waals surface area contributed by atoms with Gasteiger partial charge < -0.3 is 14.3 Å². The summed E-state index contributed by atoms with van der Waals surface area (Å²) in [5.74, 6) is 0. The molecule has 20 heavy (non-hydrogen) atoms. The number of benzene rings is 1. The van der Waals surface area contributed by atoms with Crippen LogP contribution >= 0.6 is 0 Å². The van der Waals surface area contributed by atoms with Crippen LogP contribution in [0.25, 0.3) is 10.9 Å². The number of aromatic nitrogens is 2. The molecule has 0 radical (unpaired) electrons. The van der Waals surface area contributed by atoms with Gasteiger partial charge >= 0.3 is 7.12 Å². The van der Waals surface area contributed by atoms with E-state index in [1.807, 2.05) is 39.8 Å². The number of fused-ring (bicyclic) bond motifs is 1. The Bertz CT molecular complexity index is 708. The topological polar surface area (TPSA) is 64.2 Å². The molecule has 1 saturated heterocycles. The van der Waals surface area contributed by atoms with Crippen molar-refractivity contribution in [3.8, 4) is 0 Å². The molecule has 0 bridgehead atoms. The summed E-state index contributed by atoms with van der Waals surface area (Å²) >= 11 is 0. The lowest BCUT2D eigenvalue weighted by Gasteiger charge is -2.32. The molecule has 2 heterocycles. The van der Waals surface area contributed by atoms with Gasteiger partial charge in [0.1, 0.15) is 0 Å². The van der Waals surface area contributed by atoms with Crippen LogP contribution in [0.15, 0.2) is 29.3 Å². The van der Waals surface area contributed by atoms with Gasteiger partial charge in [0.2, 0.25) is 0 Å². The maximum Gasteiger partial charge on any atom is 0.494 e. The number of aromatic amines is 1. The third-order valence-electron chi connectivity index (χ3n) is 4.19. The maximum absolute atomic E-state index is 11.7. The van der Waals surface area contributed by atoms with Crippen molar-refractivity contribution in [2.45, 2.75) is 38.9 Å². The van der Waals surface area contributed by atoms with Crippen molar-refractivity contribution in [2.24, 2.45) is 0 Å². The number of H-pyrrole nitrogens is 1. The summed E-state index contributed by atoms with van der Waals surface area (Å²) in [5, 5.41) is 0.563. The summed E-state index contributed by atoms with van der Waals surface area (Å²) in [5.41, 5.74) is 0.605. The molecule has 1 fully saturated rings. The fourth-order valence-electron chi connectivity index (χ4n) is 2.21. The summed E-state index contributed by atoms with van der Waals surface area (Å²) in [6.07, 6.45) is 1.40. The molecule has 1 aliphatic rings. The summed E-state index contributed by atoms with van der Waals surface area (Å²) < 4.78 is 12.0. The van der Waals surface area contributed by atoms with Gasteiger partial charge in [-0.2, -0.15) is 0 Å². The molecule has 104 valence electrons. The Kier molecular flexibility index (Phi) is 2.78. The Morgan fingerprint density at radius 1 is 1.15 bits per heavy atom. The number of hydrogen-bond acceptors (Lipinski definition) is 4. The number of rotatable bonds is 1. The average molecular weight is 272 g/mol. The van der Waals surface area contributed by atoms with Gasteiger partial charge in [-0.1, -0.05) is 6.07 Å². The van der Waals surface area contributed by atoms with Crippen molar-refractivity contribution < 1.29 is 9.31 Å². The molecule has 1 N–H and O–H groups in total. The Hall–Kier alpha value is -1.66. The Labute approximate surface area is 117 Å². The fourth-order valence-corrected chi connectivity index (χ4v) is 2.21. The first-order chi connectivity index (χ1) is 9.30. The number of hydrogen-bond donors (Lipinski definition) is 1. The highest BCUT2D eigenvalue weighted by Gasteiger charge is 2.51. The normalized spacial score (nSPS) is 20.5. The van der Waals surface area contributed by atoms with Crippen LogP contribution < -0.4 is 11.0 Å². The molecule has 2 aromatic rings. The van der Waals surface area contributed by atoms with Gasteiger partial charge in [0.25, 0.3) is 5.56 Å². The molecular weight excluding hydrogens is 255 g/mol. The lowest BCUT2D eigenvalue weighted by Crippen LogP contribution is -2.41. The quantitative estimate of drug-likeness (QED) is 0.793. The molecule has 6 heteroatoms. The van der Waals surface area contributed by atoms with Gasteiger partial charge in [0.05, 0.1) is 28.4 Å². The molecule has 0 aliphatic carbocycles. The van der Waals surface area contributed by atoms with Gasteiger partial charge in [-0.3, -0.25) is 4.79 Å². The van der Waals surface area contributed by atoms with E-state index in [0.717, 1.165) is 5.46 Å². The van der Waals surface area contributed by atoms with Crippen molar-refractivity contribution in [1.29, 1.82) is 0 Å². The zero-order valence-electron chi connectivity index (χ0n) is 12.1. The van der Waals surface area contributed by atoms with E-state index in [1.165, 1.54) is 6.33 Å². The highest BCUT2D eigenvalue weighted by Crippen LogP contribution is 2.36. The molecule has 5 nitrogen and oxygen atoms in total. The van der Waals surface area contributed by atoms with Gasteiger partial charge in [0, 0.05) is 0 Å². The lowest BCUT2D eigenvalue weighted by molar-refractivity contribution is 0.00578. The van der Waals surface area contributed by atoms with E-state index in [4.69, 9.17) is 9.31 Å². The monoisotopic (exact) mass is 272 g/mol. The standard InChI is InChI=1S/C14H17BN2O3/c1-13(2)14(3,4)20-15(19-13)9-5-6-10-11(7-9)16-8-17-12(10)18/h5-8H,1-4H3,(H,16,17,18). The zero-order chi connectivity index (χ0) is 14.5. The smallest absolute Gasteiger partial charge is 0.399 e. The van der Waals surface area contributed by atoms with Crippen molar-refractivity contribution in [2.75, 3.05) is 0 Å². The Morgan fingerprint density at radius 2 is 1.80 bits per heavy atom. The Morgan fingerprint density at radius 3 is 2.45 bits per heavy atom. The first-order valence-corrected chi connectivity index (χ1v) is 6.63. The van der Waals surface area contributed by atoms with Crippen LogP contribution in [-0.4, -0.2) is 28.3 Å². The van der Waals surface area contributed by atoms with Gasteiger partial charge in [-0.05, 0) is 45.3 Å². The summed E-state index contributed by atoms with van der Waals surface area (Å²) in [6, 6.07) is 5.44. The number of nitrogens with zero attached hydrogens (tertiary/aromatic N) is 1. The molecule has 1 aromatic carbocycles. The minimum Gasteiger partial charge on any atom is -0.399 e. The molecule has 1 aromatic heterocycles. The SMILES string of the molecule is CC1(C)OB(c2ccc3c(=O)[nH]cnc3c2)OC1(C)C. The van der Waals surface area contributed by atoms with Crippen LogP contribution in [0.5, 0.6) is 0 Å². The van der Waals surface area contributed by atoms with Gasteiger partial charge in [0.15, 0.2) is 0 Å². The largest absolute Gasteiger partial charge is 0.494 e. The fraction of sp³-hybridized carbons (Fsp3) is 0.429. The van der Waals surface area contributed by atoms with Crippen LogP contribution in [0.3, 0.4) is 0 Å². The second-order valence-corrected chi connectivity index (χ2v) is 6.10. The zero-order valence-corrected chi connectivity index (χ0v) is 12.1. The molecule has 0 saturated carbocycles. The summed E-state index contributed by atoms with van der Waals surface area (Å²) in [6.45, 7) is 8.04. The van der Waals surface area contributed by atoms with Crippen LogP contribution in [0.2, 0.25) is 0 Å². The first-order valence-electron chi connectivity index (χ1n) is 6.63. The van der Waals surface area contributed by atoms with Crippen molar-refractivity contribution in [3.63, 3.8) is 0 Å². The molecule has 0 spiro atoms. The van der Waals surface area contributed by atoms with E-state index >= 15 is 0 Å².